The van der Waals surface area contributed by atoms with Crippen LogP contribution in [0.4, 0.5) is 5.69 Å². The lowest BCUT2D eigenvalue weighted by molar-refractivity contribution is -0.136. The number of nitrogens with zero attached hydrogens (tertiary/aromatic N) is 1. The third kappa shape index (κ3) is 4.96. The Morgan fingerprint density at radius 2 is 1.75 bits per heavy atom. The Bertz CT molecular complexity index is 822. The number of anilines is 1. The van der Waals surface area contributed by atoms with E-state index in [9.17, 15) is 9.59 Å². The summed E-state index contributed by atoms with van der Waals surface area (Å²) in [6.07, 6.45) is 1.35. The average molecular weight is 385 g/mol. The Kier molecular flexibility index (Phi) is 6.20. The van der Waals surface area contributed by atoms with E-state index in [2.05, 4.69) is 15.8 Å². The highest BCUT2D eigenvalue weighted by Crippen LogP contribution is 2.22. The first-order valence-corrected chi connectivity index (χ1v) is 7.86. The molecule has 0 heterocycles. The number of carbonyl (C=O) groups excluding carboxylic acids is 2. The topological polar surface area (TPSA) is 70.6 Å². The van der Waals surface area contributed by atoms with Gasteiger partial charge in [-0.1, -0.05) is 46.9 Å². The Morgan fingerprint density at radius 1 is 1.00 bits per heavy atom. The summed E-state index contributed by atoms with van der Waals surface area (Å²) in [6, 6.07) is 9.82. The van der Waals surface area contributed by atoms with Crippen LogP contribution < -0.4 is 10.7 Å². The molecule has 0 spiro atoms. The SMILES string of the molecule is Cc1ccc(Cl)cc1NC(=O)C(=O)N/N=C/c1ccc(Cl)c(Cl)c1. The molecule has 0 atom stereocenters. The van der Waals surface area contributed by atoms with Gasteiger partial charge in [0, 0.05) is 10.7 Å². The van der Waals surface area contributed by atoms with Crippen LogP contribution in [0.25, 0.3) is 0 Å². The van der Waals surface area contributed by atoms with E-state index in [0.717, 1.165) is 5.56 Å². The molecular weight excluding hydrogens is 373 g/mol. The van der Waals surface area contributed by atoms with Crippen LogP contribution in [-0.2, 0) is 9.59 Å². The molecule has 0 aromatic heterocycles. The van der Waals surface area contributed by atoms with Crippen LogP contribution in [-0.4, -0.2) is 18.0 Å². The molecule has 8 heteroatoms. The van der Waals surface area contributed by atoms with Crippen LogP contribution in [0.1, 0.15) is 11.1 Å². The molecule has 5 nitrogen and oxygen atoms in total. The number of amides is 2. The highest BCUT2D eigenvalue weighted by Gasteiger charge is 2.14. The van der Waals surface area contributed by atoms with Gasteiger partial charge in [0.2, 0.25) is 0 Å². The lowest BCUT2D eigenvalue weighted by Crippen LogP contribution is -2.32. The van der Waals surface area contributed by atoms with Crippen LogP contribution in [0.2, 0.25) is 15.1 Å². The van der Waals surface area contributed by atoms with E-state index in [1.165, 1.54) is 6.21 Å². The van der Waals surface area contributed by atoms with Crippen LogP contribution in [0, 0.1) is 6.92 Å². The number of rotatable bonds is 3. The summed E-state index contributed by atoms with van der Waals surface area (Å²) in [4.78, 5) is 23.6. The van der Waals surface area contributed by atoms with Crippen molar-refractivity contribution in [3.63, 3.8) is 0 Å². The highest BCUT2D eigenvalue weighted by atomic mass is 35.5. The second kappa shape index (κ2) is 8.15. The summed E-state index contributed by atoms with van der Waals surface area (Å²) in [6.45, 7) is 1.78. The number of hydrogen-bond donors (Lipinski definition) is 2. The van der Waals surface area contributed by atoms with Crippen molar-refractivity contribution in [2.45, 2.75) is 6.92 Å². The number of hydrogen-bond acceptors (Lipinski definition) is 3. The van der Waals surface area contributed by atoms with E-state index in [1.54, 1.807) is 43.3 Å². The zero-order valence-electron chi connectivity index (χ0n) is 12.4. The van der Waals surface area contributed by atoms with Crippen molar-refractivity contribution in [2.24, 2.45) is 5.10 Å². The fourth-order valence-electron chi connectivity index (χ4n) is 1.72. The molecule has 0 fully saturated rings. The summed E-state index contributed by atoms with van der Waals surface area (Å²) < 4.78 is 0. The van der Waals surface area contributed by atoms with Gasteiger partial charge in [-0.2, -0.15) is 5.10 Å². The monoisotopic (exact) mass is 383 g/mol. The minimum Gasteiger partial charge on any atom is -0.317 e. The fraction of sp³-hybridized carbons (Fsp3) is 0.0625. The van der Waals surface area contributed by atoms with Crippen molar-refractivity contribution in [2.75, 3.05) is 5.32 Å². The van der Waals surface area contributed by atoms with Gasteiger partial charge < -0.3 is 5.32 Å². The van der Waals surface area contributed by atoms with Crippen molar-refractivity contribution in [3.05, 3.63) is 62.6 Å². The maximum absolute atomic E-state index is 11.8. The van der Waals surface area contributed by atoms with Crippen molar-refractivity contribution in [1.29, 1.82) is 0 Å². The first kappa shape index (κ1) is 18.3. The van der Waals surface area contributed by atoms with Crippen LogP contribution in [0.5, 0.6) is 0 Å². The maximum Gasteiger partial charge on any atom is 0.329 e. The number of aryl methyl sites for hydroxylation is 1. The predicted octanol–water partition coefficient (Wildman–Crippen LogP) is 4.04. The third-order valence-electron chi connectivity index (χ3n) is 2.98. The quantitative estimate of drug-likeness (QED) is 0.476. The molecule has 0 aliphatic heterocycles. The van der Waals surface area contributed by atoms with Gasteiger partial charge in [0.1, 0.15) is 0 Å². The molecule has 2 aromatic carbocycles. The molecular formula is C16H12Cl3N3O2. The number of nitrogens with one attached hydrogen (secondary N) is 2. The van der Waals surface area contributed by atoms with Crippen LogP contribution >= 0.6 is 34.8 Å². The molecule has 0 aliphatic rings. The Labute approximate surface area is 153 Å². The van der Waals surface area contributed by atoms with E-state index >= 15 is 0 Å². The Morgan fingerprint density at radius 3 is 2.46 bits per heavy atom. The van der Waals surface area contributed by atoms with Crippen molar-refractivity contribution >= 4 is 58.5 Å². The molecule has 2 rings (SSSR count). The summed E-state index contributed by atoms with van der Waals surface area (Å²) in [5, 5.41) is 7.40. The number of benzene rings is 2. The minimum atomic E-state index is -0.911. The Hall–Kier alpha value is -2.08. The second-order valence-electron chi connectivity index (χ2n) is 4.79. The zero-order chi connectivity index (χ0) is 17.7. The molecule has 0 bridgehead atoms. The summed E-state index contributed by atoms with van der Waals surface area (Å²) in [7, 11) is 0. The molecule has 0 unspecified atom stereocenters. The van der Waals surface area contributed by atoms with Gasteiger partial charge in [-0.25, -0.2) is 5.43 Å². The highest BCUT2D eigenvalue weighted by molar-refractivity contribution is 6.42. The predicted molar refractivity (Wildman–Crippen MR) is 97.0 cm³/mol. The standard InChI is InChI=1S/C16H12Cl3N3O2/c1-9-2-4-11(17)7-14(9)21-15(23)16(24)22-20-8-10-3-5-12(18)13(19)6-10/h2-8H,1H3,(H,21,23)(H,22,24)/b20-8+. The number of hydrazone groups is 1. The van der Waals surface area contributed by atoms with Gasteiger partial charge in [-0.3, -0.25) is 9.59 Å². The fourth-order valence-corrected chi connectivity index (χ4v) is 2.20. The van der Waals surface area contributed by atoms with E-state index in [4.69, 9.17) is 34.8 Å². The molecule has 0 aliphatic carbocycles. The number of halogens is 3. The van der Waals surface area contributed by atoms with Crippen LogP contribution in [0.15, 0.2) is 41.5 Å². The number of carbonyl (C=O) groups is 2. The van der Waals surface area contributed by atoms with Gasteiger partial charge in [-0.15, -0.1) is 0 Å². The molecule has 2 N–H and O–H groups in total. The first-order chi connectivity index (χ1) is 11.4. The van der Waals surface area contributed by atoms with E-state index in [0.29, 0.717) is 26.3 Å². The largest absolute Gasteiger partial charge is 0.329 e. The second-order valence-corrected chi connectivity index (χ2v) is 6.04. The lowest BCUT2D eigenvalue weighted by Gasteiger charge is -2.07. The van der Waals surface area contributed by atoms with Gasteiger partial charge >= 0.3 is 11.8 Å². The molecule has 124 valence electrons. The van der Waals surface area contributed by atoms with Crippen molar-refractivity contribution in [3.8, 4) is 0 Å². The third-order valence-corrected chi connectivity index (χ3v) is 3.95. The van der Waals surface area contributed by atoms with Gasteiger partial charge in [-0.05, 0) is 42.3 Å². The zero-order valence-corrected chi connectivity index (χ0v) is 14.7. The smallest absolute Gasteiger partial charge is 0.317 e. The van der Waals surface area contributed by atoms with Gasteiger partial charge in [0.15, 0.2) is 0 Å². The molecule has 2 amide bonds. The molecule has 2 aromatic rings. The van der Waals surface area contributed by atoms with E-state index in [-0.39, 0.29) is 0 Å². The van der Waals surface area contributed by atoms with Gasteiger partial charge in [0.05, 0.1) is 16.3 Å². The van der Waals surface area contributed by atoms with E-state index < -0.39 is 11.8 Å². The molecule has 0 saturated heterocycles. The normalized spacial score (nSPS) is 10.7. The molecule has 0 radical (unpaired) electrons. The summed E-state index contributed by atoms with van der Waals surface area (Å²) >= 11 is 17.5. The molecule has 24 heavy (non-hydrogen) atoms. The average Bonchev–Trinajstić information content (AvgIpc) is 2.54. The summed E-state index contributed by atoms with van der Waals surface area (Å²) in [5.74, 6) is -1.77. The van der Waals surface area contributed by atoms with E-state index in [1.807, 2.05) is 0 Å². The van der Waals surface area contributed by atoms with Gasteiger partial charge in [0.25, 0.3) is 0 Å². The first-order valence-electron chi connectivity index (χ1n) is 6.72. The van der Waals surface area contributed by atoms with Crippen molar-refractivity contribution < 1.29 is 9.59 Å². The van der Waals surface area contributed by atoms with Crippen LogP contribution in [0.3, 0.4) is 0 Å². The maximum atomic E-state index is 11.8. The summed E-state index contributed by atoms with van der Waals surface area (Å²) in [5.41, 5.74) is 3.98. The minimum absolute atomic E-state index is 0.362. The Balaban J connectivity index is 1.96. The molecule has 0 saturated carbocycles. The lowest BCUT2D eigenvalue weighted by atomic mass is 10.2. The van der Waals surface area contributed by atoms with Crippen molar-refractivity contribution in [1.82, 2.24) is 5.43 Å².